The molecule has 0 aliphatic carbocycles. The van der Waals surface area contributed by atoms with Crippen molar-refractivity contribution in [3.05, 3.63) is 29.6 Å². The lowest BCUT2D eigenvalue weighted by Crippen LogP contribution is -2.17. The summed E-state index contributed by atoms with van der Waals surface area (Å²) in [4.78, 5) is 21.8. The largest absolute Gasteiger partial charge is 0.478 e. The van der Waals surface area contributed by atoms with Crippen molar-refractivity contribution in [2.24, 2.45) is 0 Å². The van der Waals surface area contributed by atoms with Crippen LogP contribution in [0.5, 0.6) is 0 Å². The molecule has 0 fully saturated rings. The van der Waals surface area contributed by atoms with Gasteiger partial charge in [0.2, 0.25) is 5.91 Å². The van der Waals surface area contributed by atoms with Crippen molar-refractivity contribution in [3.63, 3.8) is 0 Å². The Hall–Kier alpha value is -2.12. The molecule has 1 aromatic rings. The van der Waals surface area contributed by atoms with E-state index in [1.807, 2.05) is 5.32 Å². The molecule has 0 spiro atoms. The number of aromatic carboxylic acids is 1. The molecule has 4 nitrogen and oxygen atoms in total. The lowest BCUT2D eigenvalue weighted by molar-refractivity contribution is -0.142. The van der Waals surface area contributed by atoms with E-state index in [-0.39, 0.29) is 5.56 Å². The van der Waals surface area contributed by atoms with Gasteiger partial charge >= 0.3 is 12.1 Å². The second-order valence-electron chi connectivity index (χ2n) is 3.66. The van der Waals surface area contributed by atoms with Crippen molar-refractivity contribution in [1.82, 2.24) is 0 Å². The minimum Gasteiger partial charge on any atom is -0.478 e. The van der Waals surface area contributed by atoms with Gasteiger partial charge in [0, 0.05) is 6.42 Å². The zero-order valence-corrected chi connectivity index (χ0v) is 9.42. The monoisotopic (exact) mass is 279 g/mol. The summed E-state index contributed by atoms with van der Waals surface area (Å²) in [5, 5.41) is 10.6. The van der Waals surface area contributed by atoms with Crippen LogP contribution in [0.3, 0.4) is 0 Å². The normalized spacial score (nSPS) is 11.2. The average molecular weight is 279 g/mol. The van der Waals surface area contributed by atoms with Crippen LogP contribution < -0.4 is 5.32 Å². The van der Waals surface area contributed by atoms with Crippen molar-refractivity contribution < 1.29 is 32.3 Å². The number of hydrogen-bond acceptors (Lipinski definition) is 2. The molecule has 1 rings (SSSR count). The molecule has 0 heterocycles. The first-order valence-corrected chi connectivity index (χ1v) is 5.08. The number of benzene rings is 1. The molecule has 1 aromatic carbocycles. The van der Waals surface area contributed by atoms with Crippen LogP contribution in [0.15, 0.2) is 18.2 Å². The minimum atomic E-state index is -4.49. The van der Waals surface area contributed by atoms with Gasteiger partial charge in [-0.3, -0.25) is 4.79 Å². The summed E-state index contributed by atoms with van der Waals surface area (Å²) < 4.78 is 48.9. The first kappa shape index (κ1) is 14.9. The number of carboxylic acids is 1. The summed E-state index contributed by atoms with van der Waals surface area (Å²) in [6.45, 7) is 0. The lowest BCUT2D eigenvalue weighted by atomic mass is 10.2. The number of nitrogens with one attached hydrogen (secondary N) is 1. The van der Waals surface area contributed by atoms with Gasteiger partial charge < -0.3 is 10.4 Å². The van der Waals surface area contributed by atoms with Crippen LogP contribution in [0.25, 0.3) is 0 Å². The predicted molar refractivity (Wildman–Crippen MR) is 57.3 cm³/mol. The maximum absolute atomic E-state index is 13.2. The van der Waals surface area contributed by atoms with Crippen LogP contribution in [0.4, 0.5) is 23.2 Å². The summed E-state index contributed by atoms with van der Waals surface area (Å²) >= 11 is 0. The van der Waals surface area contributed by atoms with E-state index in [1.165, 1.54) is 0 Å². The summed E-state index contributed by atoms with van der Waals surface area (Å²) in [7, 11) is 0. The number of carbonyl (C=O) groups is 2. The Kier molecular flexibility index (Phi) is 4.47. The smallest absolute Gasteiger partial charge is 0.389 e. The van der Waals surface area contributed by atoms with Crippen LogP contribution >= 0.6 is 0 Å². The molecule has 0 aliphatic rings. The van der Waals surface area contributed by atoms with Crippen LogP contribution in [-0.2, 0) is 4.79 Å². The van der Waals surface area contributed by atoms with Crippen molar-refractivity contribution in [3.8, 4) is 0 Å². The average Bonchev–Trinajstić information content (AvgIpc) is 2.28. The zero-order chi connectivity index (χ0) is 14.6. The number of anilines is 1. The van der Waals surface area contributed by atoms with Crippen molar-refractivity contribution in [1.29, 1.82) is 0 Å². The highest BCUT2D eigenvalue weighted by atomic mass is 19.4. The Morgan fingerprint density at radius 3 is 2.42 bits per heavy atom. The van der Waals surface area contributed by atoms with Gasteiger partial charge in [0.1, 0.15) is 5.82 Å². The molecule has 0 radical (unpaired) electrons. The quantitative estimate of drug-likeness (QED) is 0.833. The number of hydrogen-bond donors (Lipinski definition) is 2. The Morgan fingerprint density at radius 2 is 1.89 bits per heavy atom. The van der Waals surface area contributed by atoms with Gasteiger partial charge in [-0.05, 0) is 18.2 Å². The number of carbonyl (C=O) groups excluding carboxylic acids is 1. The van der Waals surface area contributed by atoms with E-state index in [2.05, 4.69) is 0 Å². The highest BCUT2D eigenvalue weighted by Gasteiger charge is 2.28. The molecule has 8 heteroatoms. The number of halogens is 4. The molecule has 0 atom stereocenters. The molecule has 0 aliphatic heterocycles. The number of carboxylic acid groups (broad SMARTS) is 1. The Bertz CT molecular complexity index is 499. The molecular weight excluding hydrogens is 270 g/mol. The Balaban J connectivity index is 2.73. The summed E-state index contributed by atoms with van der Waals surface area (Å²) in [6.07, 6.45) is -6.68. The molecule has 2 N–H and O–H groups in total. The molecule has 19 heavy (non-hydrogen) atoms. The third kappa shape index (κ3) is 4.94. The second-order valence-corrected chi connectivity index (χ2v) is 3.66. The fourth-order valence-electron chi connectivity index (χ4n) is 1.22. The SMILES string of the molecule is O=C(CCC(F)(F)F)Nc1cc(C(=O)O)ccc1F. The third-order valence-electron chi connectivity index (χ3n) is 2.12. The Labute approximate surface area is 105 Å². The molecule has 0 saturated carbocycles. The lowest BCUT2D eigenvalue weighted by Gasteiger charge is -2.08. The van der Waals surface area contributed by atoms with E-state index < -0.39 is 42.4 Å². The van der Waals surface area contributed by atoms with E-state index in [9.17, 15) is 27.2 Å². The van der Waals surface area contributed by atoms with Crippen LogP contribution in [0, 0.1) is 5.82 Å². The van der Waals surface area contributed by atoms with Crippen molar-refractivity contribution >= 4 is 17.6 Å². The molecular formula is C11H9F4NO3. The Morgan fingerprint density at radius 1 is 1.26 bits per heavy atom. The highest BCUT2D eigenvalue weighted by Crippen LogP contribution is 2.22. The molecule has 1 amide bonds. The summed E-state index contributed by atoms with van der Waals surface area (Å²) in [5.41, 5.74) is -0.750. The molecule has 104 valence electrons. The summed E-state index contributed by atoms with van der Waals surface area (Å²) in [6, 6.07) is 2.62. The van der Waals surface area contributed by atoms with Crippen molar-refractivity contribution in [2.75, 3.05) is 5.32 Å². The van der Waals surface area contributed by atoms with Crippen LogP contribution in [0.1, 0.15) is 23.2 Å². The van der Waals surface area contributed by atoms with E-state index >= 15 is 0 Å². The number of alkyl halides is 3. The minimum absolute atomic E-state index is 0.285. The third-order valence-corrected chi connectivity index (χ3v) is 2.12. The van der Waals surface area contributed by atoms with Crippen LogP contribution in [-0.4, -0.2) is 23.2 Å². The fourth-order valence-corrected chi connectivity index (χ4v) is 1.22. The van der Waals surface area contributed by atoms with Gasteiger partial charge in [0.15, 0.2) is 0 Å². The van der Waals surface area contributed by atoms with E-state index in [1.54, 1.807) is 0 Å². The van der Waals surface area contributed by atoms with Gasteiger partial charge in [-0.1, -0.05) is 0 Å². The molecule has 0 bridgehead atoms. The summed E-state index contributed by atoms with van der Waals surface area (Å²) in [5.74, 6) is -3.31. The predicted octanol–water partition coefficient (Wildman–Crippen LogP) is 2.80. The first-order chi connectivity index (χ1) is 8.69. The van der Waals surface area contributed by atoms with Gasteiger partial charge in [0.05, 0.1) is 17.7 Å². The van der Waals surface area contributed by atoms with Crippen LogP contribution in [0.2, 0.25) is 0 Å². The molecule has 0 aromatic heterocycles. The van der Waals surface area contributed by atoms with E-state index in [4.69, 9.17) is 5.11 Å². The zero-order valence-electron chi connectivity index (χ0n) is 9.42. The van der Waals surface area contributed by atoms with Gasteiger partial charge in [-0.15, -0.1) is 0 Å². The van der Waals surface area contributed by atoms with Gasteiger partial charge in [-0.25, -0.2) is 9.18 Å². The maximum Gasteiger partial charge on any atom is 0.389 e. The number of rotatable bonds is 4. The van der Waals surface area contributed by atoms with E-state index in [0.29, 0.717) is 0 Å². The van der Waals surface area contributed by atoms with Gasteiger partial charge in [0.25, 0.3) is 0 Å². The van der Waals surface area contributed by atoms with E-state index in [0.717, 1.165) is 18.2 Å². The standard InChI is InChI=1S/C11H9F4NO3/c12-7-2-1-6(10(18)19)5-8(7)16-9(17)3-4-11(13,14)15/h1-2,5H,3-4H2,(H,16,17)(H,18,19). The fraction of sp³-hybridized carbons (Fsp3) is 0.273. The topological polar surface area (TPSA) is 66.4 Å². The number of amides is 1. The van der Waals surface area contributed by atoms with Crippen molar-refractivity contribution in [2.45, 2.75) is 19.0 Å². The van der Waals surface area contributed by atoms with Gasteiger partial charge in [-0.2, -0.15) is 13.2 Å². The first-order valence-electron chi connectivity index (χ1n) is 5.08. The highest BCUT2D eigenvalue weighted by molar-refractivity contribution is 5.94. The molecule has 0 unspecified atom stereocenters. The second kappa shape index (κ2) is 5.68. The molecule has 0 saturated heterocycles. The maximum atomic E-state index is 13.2.